The van der Waals surface area contributed by atoms with E-state index in [4.69, 9.17) is 5.73 Å². The van der Waals surface area contributed by atoms with Crippen molar-refractivity contribution < 1.29 is 4.79 Å². The van der Waals surface area contributed by atoms with Crippen molar-refractivity contribution in [2.24, 2.45) is 5.92 Å². The number of nitrogens with zero attached hydrogens (tertiary/aromatic N) is 1. The number of nitrogens with one attached hydrogen (secondary N) is 1. The Labute approximate surface area is 116 Å². The molecule has 0 bridgehead atoms. The largest absolute Gasteiger partial charge is 0.399 e. The molecule has 1 aromatic carbocycles. The Kier molecular flexibility index (Phi) is 5.83. The van der Waals surface area contributed by atoms with Gasteiger partial charge in [-0.3, -0.25) is 4.79 Å². The average Bonchev–Trinajstić information content (AvgIpc) is 2.27. The van der Waals surface area contributed by atoms with Crippen LogP contribution in [0.25, 0.3) is 0 Å². The van der Waals surface area contributed by atoms with Crippen LogP contribution in [0.1, 0.15) is 30.6 Å². The topological polar surface area (TPSA) is 58.4 Å². The predicted molar refractivity (Wildman–Crippen MR) is 80.1 cm³/mol. The lowest BCUT2D eigenvalue weighted by atomic mass is 10.0. The molecular weight excluding hydrogens is 238 g/mol. The lowest BCUT2D eigenvalue weighted by Gasteiger charge is -2.24. The van der Waals surface area contributed by atoms with Crippen molar-refractivity contribution in [1.82, 2.24) is 10.2 Å². The average molecular weight is 263 g/mol. The first-order chi connectivity index (χ1) is 8.88. The quantitative estimate of drug-likeness (QED) is 0.772. The van der Waals surface area contributed by atoms with Crippen LogP contribution in [0, 0.1) is 5.92 Å². The highest BCUT2D eigenvalue weighted by molar-refractivity contribution is 5.94. The fourth-order valence-electron chi connectivity index (χ4n) is 2.09. The van der Waals surface area contributed by atoms with Gasteiger partial charge in [-0.1, -0.05) is 13.8 Å². The number of hydrogen-bond donors (Lipinski definition) is 2. The molecular formula is C15H25N3O. The first-order valence-corrected chi connectivity index (χ1v) is 6.69. The van der Waals surface area contributed by atoms with Gasteiger partial charge in [0.2, 0.25) is 0 Å². The van der Waals surface area contributed by atoms with Crippen LogP contribution in [0.2, 0.25) is 0 Å². The van der Waals surface area contributed by atoms with Crippen molar-refractivity contribution >= 4 is 11.6 Å². The summed E-state index contributed by atoms with van der Waals surface area (Å²) in [5, 5.41) is 3.09. The molecule has 0 aliphatic heterocycles. The fraction of sp³-hybridized carbons (Fsp3) is 0.533. The number of carbonyl (C=O) groups is 1. The monoisotopic (exact) mass is 263 g/mol. The van der Waals surface area contributed by atoms with E-state index in [9.17, 15) is 4.79 Å². The Balaban J connectivity index is 2.66. The van der Waals surface area contributed by atoms with Crippen molar-refractivity contribution in [2.75, 3.05) is 26.4 Å². The van der Waals surface area contributed by atoms with Crippen molar-refractivity contribution in [3.63, 3.8) is 0 Å². The Bertz CT molecular complexity index is 388. The lowest BCUT2D eigenvalue weighted by molar-refractivity contribution is 0.0924. The summed E-state index contributed by atoms with van der Waals surface area (Å²) in [6.07, 6.45) is 0.971. The maximum absolute atomic E-state index is 12.2. The Morgan fingerprint density at radius 1 is 1.26 bits per heavy atom. The smallest absolute Gasteiger partial charge is 0.251 e. The first kappa shape index (κ1) is 15.5. The van der Waals surface area contributed by atoms with Crippen LogP contribution in [-0.4, -0.2) is 37.5 Å². The maximum Gasteiger partial charge on any atom is 0.251 e. The van der Waals surface area contributed by atoms with Crippen LogP contribution in [-0.2, 0) is 0 Å². The minimum Gasteiger partial charge on any atom is -0.399 e. The molecule has 0 aliphatic carbocycles. The van der Waals surface area contributed by atoms with Crippen LogP contribution in [0.5, 0.6) is 0 Å². The molecule has 0 aromatic heterocycles. The zero-order chi connectivity index (χ0) is 14.4. The molecule has 0 aliphatic rings. The molecule has 1 amide bonds. The van der Waals surface area contributed by atoms with Gasteiger partial charge in [-0.15, -0.1) is 0 Å². The molecule has 0 radical (unpaired) electrons. The second kappa shape index (κ2) is 7.14. The molecule has 1 unspecified atom stereocenters. The molecule has 3 N–H and O–H groups in total. The van der Waals surface area contributed by atoms with Gasteiger partial charge < -0.3 is 16.0 Å². The number of hydrogen-bond acceptors (Lipinski definition) is 3. The lowest BCUT2D eigenvalue weighted by Crippen LogP contribution is -2.42. The summed E-state index contributed by atoms with van der Waals surface area (Å²) in [6, 6.07) is 7.18. The highest BCUT2D eigenvalue weighted by Gasteiger charge is 2.15. The second-order valence-electron chi connectivity index (χ2n) is 5.68. The van der Waals surface area contributed by atoms with Crippen LogP contribution in [0.4, 0.5) is 5.69 Å². The van der Waals surface area contributed by atoms with Gasteiger partial charge in [0.05, 0.1) is 0 Å². The molecule has 0 saturated heterocycles. The number of anilines is 1. The molecule has 0 saturated carbocycles. The SMILES string of the molecule is CC(C)CC(CN(C)C)NC(=O)c1ccc(N)cc1. The summed E-state index contributed by atoms with van der Waals surface area (Å²) in [5.41, 5.74) is 6.95. The molecule has 1 atom stereocenters. The summed E-state index contributed by atoms with van der Waals surface area (Å²) in [4.78, 5) is 14.3. The van der Waals surface area contributed by atoms with Gasteiger partial charge in [0.1, 0.15) is 0 Å². The highest BCUT2D eigenvalue weighted by Crippen LogP contribution is 2.09. The van der Waals surface area contributed by atoms with Crippen molar-refractivity contribution in [3.8, 4) is 0 Å². The van der Waals surface area contributed by atoms with Crippen molar-refractivity contribution in [1.29, 1.82) is 0 Å². The zero-order valence-corrected chi connectivity index (χ0v) is 12.3. The fourth-order valence-corrected chi connectivity index (χ4v) is 2.09. The van der Waals surface area contributed by atoms with E-state index in [1.165, 1.54) is 0 Å². The minimum absolute atomic E-state index is 0.0347. The summed E-state index contributed by atoms with van der Waals surface area (Å²) in [5.74, 6) is 0.518. The van der Waals surface area contributed by atoms with E-state index >= 15 is 0 Å². The van der Waals surface area contributed by atoms with E-state index in [-0.39, 0.29) is 11.9 Å². The van der Waals surface area contributed by atoms with Crippen LogP contribution in [0.3, 0.4) is 0 Å². The molecule has 0 spiro atoms. The number of nitrogens with two attached hydrogens (primary N) is 1. The third-order valence-corrected chi connectivity index (χ3v) is 2.85. The van der Waals surface area contributed by atoms with Gasteiger partial charge in [-0.05, 0) is 50.7 Å². The number of rotatable bonds is 6. The molecule has 19 heavy (non-hydrogen) atoms. The molecule has 1 rings (SSSR count). The molecule has 0 fully saturated rings. The predicted octanol–water partition coefficient (Wildman–Crippen LogP) is 1.97. The Morgan fingerprint density at radius 2 is 1.84 bits per heavy atom. The minimum atomic E-state index is -0.0347. The van der Waals surface area contributed by atoms with Crippen LogP contribution in [0.15, 0.2) is 24.3 Å². The van der Waals surface area contributed by atoms with Gasteiger partial charge >= 0.3 is 0 Å². The third-order valence-electron chi connectivity index (χ3n) is 2.85. The molecule has 1 aromatic rings. The Morgan fingerprint density at radius 3 is 2.32 bits per heavy atom. The number of likely N-dealkylation sites (N-methyl/N-ethyl adjacent to an activating group) is 1. The third kappa shape index (κ3) is 5.75. The normalized spacial score (nSPS) is 12.7. The first-order valence-electron chi connectivity index (χ1n) is 6.69. The summed E-state index contributed by atoms with van der Waals surface area (Å²) in [7, 11) is 4.03. The molecule has 106 valence electrons. The van der Waals surface area contributed by atoms with Crippen molar-refractivity contribution in [2.45, 2.75) is 26.3 Å². The summed E-state index contributed by atoms with van der Waals surface area (Å²) in [6.45, 7) is 5.18. The van der Waals surface area contributed by atoms with Crippen LogP contribution >= 0.6 is 0 Å². The van der Waals surface area contributed by atoms with Gasteiger partial charge in [0.15, 0.2) is 0 Å². The Hall–Kier alpha value is -1.55. The number of benzene rings is 1. The van der Waals surface area contributed by atoms with E-state index in [1.54, 1.807) is 24.3 Å². The van der Waals surface area contributed by atoms with E-state index in [1.807, 2.05) is 14.1 Å². The van der Waals surface area contributed by atoms with Gasteiger partial charge in [0.25, 0.3) is 5.91 Å². The summed E-state index contributed by atoms with van der Waals surface area (Å²) >= 11 is 0. The van der Waals surface area contributed by atoms with Gasteiger partial charge in [-0.25, -0.2) is 0 Å². The maximum atomic E-state index is 12.2. The number of carbonyl (C=O) groups excluding carboxylic acids is 1. The molecule has 4 heteroatoms. The van der Waals surface area contributed by atoms with Gasteiger partial charge in [-0.2, -0.15) is 0 Å². The second-order valence-corrected chi connectivity index (χ2v) is 5.68. The van der Waals surface area contributed by atoms with Crippen molar-refractivity contribution in [3.05, 3.63) is 29.8 Å². The van der Waals surface area contributed by atoms with E-state index in [2.05, 4.69) is 24.1 Å². The highest BCUT2D eigenvalue weighted by atomic mass is 16.1. The standard InChI is InChI=1S/C15H25N3O/c1-11(2)9-14(10-18(3)4)17-15(19)12-5-7-13(16)8-6-12/h5-8,11,14H,9-10,16H2,1-4H3,(H,17,19). The van der Waals surface area contributed by atoms with E-state index in [0.717, 1.165) is 13.0 Å². The van der Waals surface area contributed by atoms with E-state index < -0.39 is 0 Å². The summed E-state index contributed by atoms with van der Waals surface area (Å²) < 4.78 is 0. The van der Waals surface area contributed by atoms with E-state index in [0.29, 0.717) is 17.2 Å². The molecule has 0 heterocycles. The zero-order valence-electron chi connectivity index (χ0n) is 12.3. The number of nitrogen functional groups attached to an aromatic ring is 1. The molecule has 4 nitrogen and oxygen atoms in total. The van der Waals surface area contributed by atoms with Crippen LogP contribution < -0.4 is 11.1 Å². The number of amides is 1. The van der Waals surface area contributed by atoms with Gasteiger partial charge in [0, 0.05) is 23.8 Å².